The fourth-order valence-electron chi connectivity index (χ4n) is 4.08. The smallest absolute Gasteiger partial charge is 0.335 e. The first kappa shape index (κ1) is 18.5. The number of anilines is 1. The number of carboxylic acid groups (broad SMARTS) is 1. The van der Waals surface area contributed by atoms with Crippen LogP contribution in [0, 0.1) is 5.82 Å². The number of hydrogen-bond acceptors (Lipinski definition) is 5. The van der Waals surface area contributed by atoms with Crippen molar-refractivity contribution in [2.75, 3.05) is 11.4 Å². The van der Waals surface area contributed by atoms with Gasteiger partial charge >= 0.3 is 5.97 Å². The van der Waals surface area contributed by atoms with Gasteiger partial charge in [-0.15, -0.1) is 0 Å². The maximum absolute atomic E-state index is 13.6. The van der Waals surface area contributed by atoms with E-state index in [0.717, 1.165) is 31.2 Å². The highest BCUT2D eigenvalue weighted by Crippen LogP contribution is 2.36. The quantitative estimate of drug-likeness (QED) is 0.501. The summed E-state index contributed by atoms with van der Waals surface area (Å²) in [7, 11) is 0. The second kappa shape index (κ2) is 7.09. The summed E-state index contributed by atoms with van der Waals surface area (Å²) in [6.45, 7) is 2.98. The highest BCUT2D eigenvalue weighted by atomic mass is 19.1. The molecule has 1 atom stereocenters. The van der Waals surface area contributed by atoms with Crippen LogP contribution >= 0.6 is 0 Å². The Hall–Kier alpha value is -3.48. The van der Waals surface area contributed by atoms with E-state index in [1.807, 2.05) is 6.07 Å². The lowest BCUT2D eigenvalue weighted by molar-refractivity contribution is 0.0697. The Morgan fingerprint density at radius 3 is 2.80 bits per heavy atom. The molecule has 1 unspecified atom stereocenters. The molecule has 3 heterocycles. The molecule has 0 saturated carbocycles. The Labute approximate surface area is 172 Å². The number of furan rings is 1. The zero-order valence-corrected chi connectivity index (χ0v) is 16.4. The van der Waals surface area contributed by atoms with Gasteiger partial charge in [0.15, 0.2) is 11.6 Å². The molecule has 1 fully saturated rings. The minimum atomic E-state index is -1.00. The van der Waals surface area contributed by atoms with Gasteiger partial charge in [0.25, 0.3) is 0 Å². The van der Waals surface area contributed by atoms with Crippen molar-refractivity contribution in [2.45, 2.75) is 32.2 Å². The van der Waals surface area contributed by atoms with Crippen molar-refractivity contribution in [1.29, 1.82) is 0 Å². The molecule has 0 amide bonds. The van der Waals surface area contributed by atoms with E-state index < -0.39 is 5.97 Å². The van der Waals surface area contributed by atoms with E-state index >= 15 is 0 Å². The molecule has 0 spiro atoms. The summed E-state index contributed by atoms with van der Waals surface area (Å²) in [5.74, 6) is -0.189. The standard InChI is InChI=1S/C23H20FN3O3/c1-13-4-2-3-9-27(13)22-21(20-11-14-5-7-16(24)12-19(14)30-20)25-17-8-6-15(23(28)29)10-18(17)26-22/h5-8,10-13H,2-4,9H2,1H3,(H,28,29). The molecule has 6 nitrogen and oxygen atoms in total. The van der Waals surface area contributed by atoms with Crippen LogP contribution in [0.15, 0.2) is 46.9 Å². The fraction of sp³-hybridized carbons (Fsp3) is 0.261. The topological polar surface area (TPSA) is 79.5 Å². The van der Waals surface area contributed by atoms with Gasteiger partial charge in [-0.1, -0.05) is 0 Å². The number of carboxylic acids is 1. The van der Waals surface area contributed by atoms with Gasteiger partial charge in [-0.25, -0.2) is 19.2 Å². The first-order valence-electron chi connectivity index (χ1n) is 10.0. The lowest BCUT2D eigenvalue weighted by atomic mass is 10.0. The number of fused-ring (bicyclic) bond motifs is 2. The number of rotatable bonds is 3. The molecule has 2 aromatic carbocycles. The molecule has 0 radical (unpaired) electrons. The van der Waals surface area contributed by atoms with E-state index in [9.17, 15) is 14.3 Å². The van der Waals surface area contributed by atoms with Gasteiger partial charge in [-0.2, -0.15) is 0 Å². The van der Waals surface area contributed by atoms with E-state index in [0.29, 0.717) is 33.9 Å². The van der Waals surface area contributed by atoms with E-state index in [4.69, 9.17) is 14.4 Å². The molecule has 1 N–H and O–H groups in total. The Bertz CT molecular complexity index is 1280. The van der Waals surface area contributed by atoms with E-state index in [1.165, 1.54) is 18.2 Å². The summed E-state index contributed by atoms with van der Waals surface area (Å²) in [4.78, 5) is 23.2. The molecule has 0 aliphatic carbocycles. The summed E-state index contributed by atoms with van der Waals surface area (Å²) >= 11 is 0. The number of halogens is 1. The third-order valence-electron chi connectivity index (χ3n) is 5.68. The van der Waals surface area contributed by atoms with Gasteiger partial charge in [0.2, 0.25) is 0 Å². The Kier molecular flexibility index (Phi) is 4.38. The fourth-order valence-corrected chi connectivity index (χ4v) is 4.08. The SMILES string of the molecule is CC1CCCCN1c1nc2cc(C(=O)O)ccc2nc1-c1cc2ccc(F)cc2o1. The van der Waals surface area contributed by atoms with E-state index in [1.54, 1.807) is 18.2 Å². The van der Waals surface area contributed by atoms with Gasteiger partial charge in [0.1, 0.15) is 17.1 Å². The van der Waals surface area contributed by atoms with Crippen molar-refractivity contribution < 1.29 is 18.7 Å². The second-order valence-corrected chi connectivity index (χ2v) is 7.74. The average Bonchev–Trinajstić information content (AvgIpc) is 3.15. The summed E-state index contributed by atoms with van der Waals surface area (Å²) in [5, 5.41) is 10.1. The van der Waals surface area contributed by atoms with E-state index in [2.05, 4.69) is 11.8 Å². The van der Waals surface area contributed by atoms with Crippen LogP contribution < -0.4 is 4.90 Å². The molecule has 5 rings (SSSR count). The van der Waals surface area contributed by atoms with Crippen LogP contribution in [0.3, 0.4) is 0 Å². The zero-order chi connectivity index (χ0) is 20.8. The molecular formula is C23H20FN3O3. The van der Waals surface area contributed by atoms with E-state index in [-0.39, 0.29) is 17.4 Å². The zero-order valence-electron chi connectivity index (χ0n) is 16.4. The van der Waals surface area contributed by atoms with Crippen molar-refractivity contribution in [3.05, 3.63) is 53.8 Å². The number of hydrogen-bond donors (Lipinski definition) is 1. The van der Waals surface area contributed by atoms with Gasteiger partial charge in [-0.3, -0.25) is 0 Å². The lowest BCUT2D eigenvalue weighted by Crippen LogP contribution is -2.38. The number of benzene rings is 2. The lowest BCUT2D eigenvalue weighted by Gasteiger charge is -2.35. The molecule has 4 aromatic rings. The minimum absolute atomic E-state index is 0.168. The number of aromatic carboxylic acids is 1. The highest BCUT2D eigenvalue weighted by molar-refractivity contribution is 5.94. The molecular weight excluding hydrogens is 385 g/mol. The monoisotopic (exact) mass is 405 g/mol. The first-order valence-corrected chi connectivity index (χ1v) is 10.0. The summed E-state index contributed by atoms with van der Waals surface area (Å²) in [5.41, 5.74) is 2.30. The molecule has 2 aromatic heterocycles. The van der Waals surface area contributed by atoms with Crippen LogP contribution in [0.1, 0.15) is 36.5 Å². The van der Waals surface area contributed by atoms with Crippen molar-refractivity contribution in [2.24, 2.45) is 0 Å². The number of carbonyl (C=O) groups is 1. The summed E-state index contributed by atoms with van der Waals surface area (Å²) < 4.78 is 19.6. The second-order valence-electron chi connectivity index (χ2n) is 7.74. The molecule has 152 valence electrons. The van der Waals surface area contributed by atoms with Crippen molar-refractivity contribution in [1.82, 2.24) is 9.97 Å². The number of piperidine rings is 1. The third kappa shape index (κ3) is 3.16. The predicted octanol–water partition coefficient (Wildman–Crippen LogP) is 5.26. The maximum Gasteiger partial charge on any atom is 0.335 e. The highest BCUT2D eigenvalue weighted by Gasteiger charge is 2.26. The van der Waals surface area contributed by atoms with Crippen LogP contribution in [0.5, 0.6) is 0 Å². The molecule has 30 heavy (non-hydrogen) atoms. The number of aromatic nitrogens is 2. The third-order valence-corrected chi connectivity index (χ3v) is 5.68. The Morgan fingerprint density at radius 2 is 2.00 bits per heavy atom. The van der Waals surface area contributed by atoms with Crippen molar-refractivity contribution >= 4 is 33.8 Å². The Morgan fingerprint density at radius 1 is 1.13 bits per heavy atom. The van der Waals surface area contributed by atoms with Crippen LogP contribution in [0.2, 0.25) is 0 Å². The van der Waals surface area contributed by atoms with Gasteiger partial charge in [-0.05, 0) is 62.6 Å². The molecule has 1 aliphatic heterocycles. The minimum Gasteiger partial charge on any atom is -0.478 e. The Balaban J connectivity index is 1.74. The van der Waals surface area contributed by atoms with Crippen LogP contribution in [0.25, 0.3) is 33.5 Å². The van der Waals surface area contributed by atoms with Crippen LogP contribution in [-0.2, 0) is 0 Å². The maximum atomic E-state index is 13.6. The average molecular weight is 405 g/mol. The first-order chi connectivity index (χ1) is 14.5. The van der Waals surface area contributed by atoms with Crippen molar-refractivity contribution in [3.8, 4) is 11.5 Å². The largest absolute Gasteiger partial charge is 0.478 e. The van der Waals surface area contributed by atoms with Crippen molar-refractivity contribution in [3.63, 3.8) is 0 Å². The van der Waals surface area contributed by atoms with Gasteiger partial charge < -0.3 is 14.4 Å². The molecule has 1 aliphatic rings. The van der Waals surface area contributed by atoms with Gasteiger partial charge in [0, 0.05) is 24.0 Å². The molecule has 0 bridgehead atoms. The molecule has 7 heteroatoms. The molecule has 1 saturated heterocycles. The normalized spacial score (nSPS) is 17.0. The van der Waals surface area contributed by atoms with Crippen LogP contribution in [-0.4, -0.2) is 33.6 Å². The summed E-state index contributed by atoms with van der Waals surface area (Å²) in [6.07, 6.45) is 3.24. The number of nitrogens with zero attached hydrogens (tertiary/aromatic N) is 3. The summed E-state index contributed by atoms with van der Waals surface area (Å²) in [6, 6.07) is 11.3. The van der Waals surface area contributed by atoms with Crippen LogP contribution in [0.4, 0.5) is 10.2 Å². The van der Waals surface area contributed by atoms with Gasteiger partial charge in [0.05, 0.1) is 16.6 Å². The predicted molar refractivity (Wildman–Crippen MR) is 112 cm³/mol.